The van der Waals surface area contributed by atoms with Gasteiger partial charge in [-0.3, -0.25) is 0 Å². The summed E-state index contributed by atoms with van der Waals surface area (Å²) in [5.74, 6) is 0. The molecule has 100 valence electrons. The summed E-state index contributed by atoms with van der Waals surface area (Å²) in [4.78, 5) is 0. The van der Waals surface area contributed by atoms with Crippen LogP contribution in [0.5, 0.6) is 0 Å². The zero-order valence-electron chi connectivity index (χ0n) is 11.3. The monoisotopic (exact) mass is 337 g/mol. The Morgan fingerprint density at radius 2 is 1.58 bits per heavy atom. The third-order valence-corrected chi connectivity index (χ3v) is 4.54. The molecular formula is C16H17BrClN. The highest BCUT2D eigenvalue weighted by Crippen LogP contribution is 2.30. The Morgan fingerprint density at radius 3 is 2.21 bits per heavy atom. The topological polar surface area (TPSA) is 26.0 Å². The van der Waals surface area contributed by atoms with Crippen LogP contribution in [0.4, 0.5) is 0 Å². The van der Waals surface area contributed by atoms with Crippen molar-refractivity contribution in [3.05, 3.63) is 67.6 Å². The predicted molar refractivity (Wildman–Crippen MR) is 85.8 cm³/mol. The molecule has 2 aromatic rings. The van der Waals surface area contributed by atoms with E-state index in [2.05, 4.69) is 41.9 Å². The minimum absolute atomic E-state index is 0.121. The van der Waals surface area contributed by atoms with Crippen LogP contribution in [0.15, 0.2) is 34.8 Å². The van der Waals surface area contributed by atoms with E-state index in [0.29, 0.717) is 0 Å². The van der Waals surface area contributed by atoms with Crippen LogP contribution in [0.3, 0.4) is 0 Å². The normalized spacial score (nSPS) is 12.5. The molecule has 0 aliphatic heterocycles. The standard InChI is InChI=1S/C16H17BrClN/c1-9-6-12(18)4-5-13(9)16(19)14-7-11(3)15(17)8-10(14)2/h4-8,16H,19H2,1-3H3. The molecule has 0 radical (unpaired) electrons. The van der Waals surface area contributed by atoms with Crippen LogP contribution in [-0.4, -0.2) is 0 Å². The largest absolute Gasteiger partial charge is 0.320 e. The van der Waals surface area contributed by atoms with Crippen molar-refractivity contribution < 1.29 is 0 Å². The Bertz CT molecular complexity index is 622. The first-order chi connectivity index (χ1) is 8.90. The predicted octanol–water partition coefficient (Wildman–Crippen LogP) is 5.08. The molecule has 0 aromatic heterocycles. The van der Waals surface area contributed by atoms with E-state index in [1.54, 1.807) is 0 Å². The van der Waals surface area contributed by atoms with Gasteiger partial charge in [0.25, 0.3) is 0 Å². The molecule has 0 saturated heterocycles. The van der Waals surface area contributed by atoms with Gasteiger partial charge in [-0.25, -0.2) is 0 Å². The molecule has 0 amide bonds. The first-order valence-electron chi connectivity index (χ1n) is 6.18. The number of nitrogens with two attached hydrogens (primary N) is 1. The average Bonchev–Trinajstić information content (AvgIpc) is 2.33. The molecule has 0 bridgehead atoms. The number of halogens is 2. The number of benzene rings is 2. The van der Waals surface area contributed by atoms with Crippen LogP contribution >= 0.6 is 27.5 Å². The molecular weight excluding hydrogens is 322 g/mol. The lowest BCUT2D eigenvalue weighted by Gasteiger charge is -2.19. The molecule has 19 heavy (non-hydrogen) atoms. The minimum Gasteiger partial charge on any atom is -0.320 e. The first kappa shape index (κ1) is 14.6. The van der Waals surface area contributed by atoms with Crippen molar-refractivity contribution in [3.8, 4) is 0 Å². The quantitative estimate of drug-likeness (QED) is 0.812. The summed E-state index contributed by atoms with van der Waals surface area (Å²) in [5, 5.41) is 0.747. The highest BCUT2D eigenvalue weighted by atomic mass is 79.9. The van der Waals surface area contributed by atoms with Gasteiger partial charge in [0.1, 0.15) is 0 Å². The van der Waals surface area contributed by atoms with Crippen LogP contribution in [0.1, 0.15) is 33.9 Å². The third-order valence-electron chi connectivity index (χ3n) is 3.45. The van der Waals surface area contributed by atoms with Crippen molar-refractivity contribution >= 4 is 27.5 Å². The van der Waals surface area contributed by atoms with Gasteiger partial charge in [0.2, 0.25) is 0 Å². The lowest BCUT2D eigenvalue weighted by Crippen LogP contribution is -2.15. The van der Waals surface area contributed by atoms with Crippen molar-refractivity contribution in [2.24, 2.45) is 5.73 Å². The number of hydrogen-bond acceptors (Lipinski definition) is 1. The van der Waals surface area contributed by atoms with E-state index in [1.807, 2.05) is 25.1 Å². The van der Waals surface area contributed by atoms with Gasteiger partial charge in [-0.05, 0) is 66.8 Å². The molecule has 2 aromatic carbocycles. The van der Waals surface area contributed by atoms with Crippen molar-refractivity contribution in [2.75, 3.05) is 0 Å². The van der Waals surface area contributed by atoms with Crippen LogP contribution in [0, 0.1) is 20.8 Å². The van der Waals surface area contributed by atoms with E-state index < -0.39 is 0 Å². The molecule has 1 atom stereocenters. The zero-order chi connectivity index (χ0) is 14.2. The fraction of sp³-hybridized carbons (Fsp3) is 0.250. The van der Waals surface area contributed by atoms with Gasteiger partial charge in [0.15, 0.2) is 0 Å². The number of hydrogen-bond donors (Lipinski definition) is 1. The SMILES string of the molecule is Cc1cc(C(N)c2ccc(Cl)cc2C)c(C)cc1Br. The third kappa shape index (κ3) is 3.02. The second-order valence-corrected chi connectivity index (χ2v) is 6.23. The molecule has 0 fully saturated rings. The molecule has 1 unspecified atom stereocenters. The van der Waals surface area contributed by atoms with E-state index in [4.69, 9.17) is 17.3 Å². The first-order valence-corrected chi connectivity index (χ1v) is 7.35. The molecule has 0 aliphatic rings. The highest BCUT2D eigenvalue weighted by molar-refractivity contribution is 9.10. The van der Waals surface area contributed by atoms with Gasteiger partial charge in [-0.2, -0.15) is 0 Å². The molecule has 0 heterocycles. The molecule has 0 saturated carbocycles. The Kier molecular flexibility index (Phi) is 4.34. The maximum Gasteiger partial charge on any atom is 0.0557 e. The van der Waals surface area contributed by atoms with E-state index in [0.717, 1.165) is 26.2 Å². The summed E-state index contributed by atoms with van der Waals surface area (Å²) in [7, 11) is 0. The second-order valence-electron chi connectivity index (χ2n) is 4.94. The number of aryl methyl sites for hydroxylation is 3. The van der Waals surface area contributed by atoms with Gasteiger partial charge >= 0.3 is 0 Å². The average molecular weight is 339 g/mol. The lowest BCUT2D eigenvalue weighted by atomic mass is 9.92. The maximum atomic E-state index is 6.43. The van der Waals surface area contributed by atoms with Gasteiger partial charge in [0.05, 0.1) is 6.04 Å². The summed E-state index contributed by atoms with van der Waals surface area (Å²) < 4.78 is 1.12. The van der Waals surface area contributed by atoms with Crippen molar-refractivity contribution in [1.29, 1.82) is 0 Å². The Hall–Kier alpha value is -0.830. The van der Waals surface area contributed by atoms with E-state index in [1.165, 1.54) is 11.1 Å². The summed E-state index contributed by atoms with van der Waals surface area (Å²) in [6.45, 7) is 6.21. The van der Waals surface area contributed by atoms with Crippen LogP contribution < -0.4 is 5.73 Å². The minimum atomic E-state index is -0.121. The van der Waals surface area contributed by atoms with Crippen molar-refractivity contribution in [3.63, 3.8) is 0 Å². The van der Waals surface area contributed by atoms with Crippen LogP contribution in [0.25, 0.3) is 0 Å². The van der Waals surface area contributed by atoms with Gasteiger partial charge in [0, 0.05) is 9.50 Å². The molecule has 1 nitrogen and oxygen atoms in total. The Labute approximate surface area is 127 Å². The summed E-state index contributed by atoms with van der Waals surface area (Å²) in [6.07, 6.45) is 0. The lowest BCUT2D eigenvalue weighted by molar-refractivity contribution is 0.850. The molecule has 3 heteroatoms. The van der Waals surface area contributed by atoms with Gasteiger partial charge < -0.3 is 5.73 Å². The van der Waals surface area contributed by atoms with Crippen molar-refractivity contribution in [1.82, 2.24) is 0 Å². The summed E-state index contributed by atoms with van der Waals surface area (Å²) >= 11 is 9.55. The van der Waals surface area contributed by atoms with E-state index in [9.17, 15) is 0 Å². The fourth-order valence-electron chi connectivity index (χ4n) is 2.29. The fourth-order valence-corrected chi connectivity index (χ4v) is 2.98. The van der Waals surface area contributed by atoms with Crippen LogP contribution in [-0.2, 0) is 0 Å². The van der Waals surface area contributed by atoms with Gasteiger partial charge in [-0.1, -0.05) is 39.7 Å². The molecule has 2 rings (SSSR count). The van der Waals surface area contributed by atoms with Crippen LogP contribution in [0.2, 0.25) is 5.02 Å². The summed E-state index contributed by atoms with van der Waals surface area (Å²) in [6, 6.07) is 10.0. The Balaban J connectivity index is 2.49. The smallest absolute Gasteiger partial charge is 0.0557 e. The highest BCUT2D eigenvalue weighted by Gasteiger charge is 2.15. The number of rotatable bonds is 2. The summed E-state index contributed by atoms with van der Waals surface area (Å²) in [5.41, 5.74) is 12.2. The molecule has 2 N–H and O–H groups in total. The van der Waals surface area contributed by atoms with Crippen molar-refractivity contribution in [2.45, 2.75) is 26.8 Å². The molecule has 0 spiro atoms. The molecule has 0 aliphatic carbocycles. The maximum absolute atomic E-state index is 6.43. The van der Waals surface area contributed by atoms with E-state index >= 15 is 0 Å². The van der Waals surface area contributed by atoms with Gasteiger partial charge in [-0.15, -0.1) is 0 Å². The second kappa shape index (κ2) is 5.66. The van der Waals surface area contributed by atoms with E-state index in [-0.39, 0.29) is 6.04 Å². The Morgan fingerprint density at radius 1 is 0.947 bits per heavy atom. The zero-order valence-corrected chi connectivity index (χ0v) is 13.6.